The highest BCUT2D eigenvalue weighted by Crippen LogP contribution is 2.36. The van der Waals surface area contributed by atoms with Crippen LogP contribution in [0, 0.1) is 0 Å². The van der Waals surface area contributed by atoms with Crippen molar-refractivity contribution in [3.05, 3.63) is 59.7 Å². The maximum absolute atomic E-state index is 12.7. The van der Waals surface area contributed by atoms with Gasteiger partial charge in [0.1, 0.15) is 0 Å². The van der Waals surface area contributed by atoms with Gasteiger partial charge in [-0.15, -0.1) is 0 Å². The third kappa shape index (κ3) is 2.12. The minimum atomic E-state index is -0.370. The summed E-state index contributed by atoms with van der Waals surface area (Å²) in [5, 5.41) is 9.77. The van der Waals surface area contributed by atoms with Crippen molar-refractivity contribution in [3.63, 3.8) is 0 Å². The smallest absolute Gasteiger partial charge is 0.266 e. The molecule has 2 aliphatic rings. The van der Waals surface area contributed by atoms with Crippen molar-refractivity contribution in [2.75, 3.05) is 22.9 Å². The molecule has 5 heteroatoms. The molecule has 0 spiro atoms. The number of hydrogen-bond donors (Lipinski definition) is 1. The third-order valence-corrected chi connectivity index (χ3v) is 4.42. The van der Waals surface area contributed by atoms with Crippen LogP contribution >= 0.6 is 0 Å². The Morgan fingerprint density at radius 3 is 2.00 bits per heavy atom. The fraction of sp³-hybridized carbons (Fsp3) is 0.222. The van der Waals surface area contributed by atoms with E-state index in [1.54, 1.807) is 30.3 Å². The van der Waals surface area contributed by atoms with Crippen LogP contribution in [-0.2, 0) is 0 Å². The molecule has 1 saturated heterocycles. The monoisotopic (exact) mass is 308 g/mol. The number of amides is 2. The molecule has 2 heterocycles. The minimum Gasteiger partial charge on any atom is -0.391 e. The van der Waals surface area contributed by atoms with E-state index < -0.39 is 0 Å². The normalized spacial score (nSPS) is 20.3. The molecule has 23 heavy (non-hydrogen) atoms. The van der Waals surface area contributed by atoms with Gasteiger partial charge < -0.3 is 10.0 Å². The Hall–Kier alpha value is -2.66. The quantitative estimate of drug-likeness (QED) is 0.863. The van der Waals surface area contributed by atoms with E-state index in [2.05, 4.69) is 0 Å². The van der Waals surface area contributed by atoms with Gasteiger partial charge in [-0.25, -0.2) is 4.90 Å². The van der Waals surface area contributed by atoms with Gasteiger partial charge >= 0.3 is 0 Å². The van der Waals surface area contributed by atoms with Crippen molar-refractivity contribution in [1.29, 1.82) is 0 Å². The maximum atomic E-state index is 12.7. The van der Waals surface area contributed by atoms with Gasteiger partial charge in [-0.05, 0) is 30.7 Å². The average Bonchev–Trinajstić information content (AvgIpc) is 3.11. The fourth-order valence-electron chi connectivity index (χ4n) is 3.29. The molecule has 0 aliphatic carbocycles. The zero-order chi connectivity index (χ0) is 16.0. The Kier molecular flexibility index (Phi) is 3.16. The Morgan fingerprint density at radius 1 is 0.870 bits per heavy atom. The number of anilines is 2. The molecule has 2 amide bonds. The number of aliphatic hydroxyl groups is 1. The number of benzene rings is 2. The molecule has 0 saturated carbocycles. The summed E-state index contributed by atoms with van der Waals surface area (Å²) in [6.07, 6.45) is 0.321. The number of aliphatic hydroxyl groups excluding tert-OH is 1. The van der Waals surface area contributed by atoms with Crippen LogP contribution < -0.4 is 9.80 Å². The number of carbonyl (C=O) groups is 2. The van der Waals surface area contributed by atoms with Crippen LogP contribution in [-0.4, -0.2) is 36.1 Å². The van der Waals surface area contributed by atoms with E-state index in [-0.39, 0.29) is 17.9 Å². The topological polar surface area (TPSA) is 60.9 Å². The predicted molar refractivity (Wildman–Crippen MR) is 86.9 cm³/mol. The van der Waals surface area contributed by atoms with E-state index in [9.17, 15) is 14.7 Å². The van der Waals surface area contributed by atoms with Gasteiger partial charge in [0.25, 0.3) is 11.8 Å². The summed E-state index contributed by atoms with van der Waals surface area (Å²) in [4.78, 5) is 28.6. The molecular weight excluding hydrogens is 292 g/mol. The number of carbonyl (C=O) groups excluding carboxylic acids is 2. The fourth-order valence-corrected chi connectivity index (χ4v) is 3.29. The summed E-state index contributed by atoms with van der Waals surface area (Å²) in [5.74, 6) is -0.587. The number of fused-ring (bicyclic) bond motifs is 1. The number of imide groups is 1. The number of β-amino-alcohol motifs (C(OH)–C–C–N with tert-alkyl or cyclic N) is 1. The zero-order valence-corrected chi connectivity index (χ0v) is 12.5. The lowest BCUT2D eigenvalue weighted by Gasteiger charge is -2.25. The van der Waals surface area contributed by atoms with Crippen molar-refractivity contribution >= 4 is 23.2 Å². The first-order chi connectivity index (χ1) is 11.2. The highest BCUT2D eigenvalue weighted by atomic mass is 16.3. The summed E-state index contributed by atoms with van der Waals surface area (Å²) in [6, 6.07) is 14.2. The minimum absolute atomic E-state index is 0.294. The van der Waals surface area contributed by atoms with E-state index in [0.29, 0.717) is 36.3 Å². The second-order valence-corrected chi connectivity index (χ2v) is 5.87. The van der Waals surface area contributed by atoms with Gasteiger partial charge in [0.15, 0.2) is 0 Å². The molecule has 0 radical (unpaired) electrons. The summed E-state index contributed by atoms with van der Waals surface area (Å²) >= 11 is 0. The molecule has 5 nitrogen and oxygen atoms in total. The standard InChI is InChI=1S/C18H16N2O3/c21-12-9-10-19(11-12)15-7-3-4-8-16(15)20-17(22)13-5-1-2-6-14(13)18(20)23/h1-8,12,21H,9-11H2. The molecule has 2 aliphatic heterocycles. The summed E-state index contributed by atoms with van der Waals surface area (Å²) in [7, 11) is 0. The zero-order valence-electron chi connectivity index (χ0n) is 12.5. The Balaban J connectivity index is 1.78. The van der Waals surface area contributed by atoms with Crippen LogP contribution in [0.15, 0.2) is 48.5 Å². The number of hydrogen-bond acceptors (Lipinski definition) is 4. The van der Waals surface area contributed by atoms with Crippen LogP contribution in [0.25, 0.3) is 0 Å². The van der Waals surface area contributed by atoms with Crippen molar-refractivity contribution in [3.8, 4) is 0 Å². The van der Waals surface area contributed by atoms with Crippen LogP contribution in [0.2, 0.25) is 0 Å². The van der Waals surface area contributed by atoms with Gasteiger partial charge in [0, 0.05) is 13.1 Å². The van der Waals surface area contributed by atoms with Gasteiger partial charge in [-0.1, -0.05) is 24.3 Å². The lowest BCUT2D eigenvalue weighted by molar-refractivity contribution is 0.0926. The van der Waals surface area contributed by atoms with E-state index in [4.69, 9.17) is 0 Å². The van der Waals surface area contributed by atoms with Gasteiger partial charge in [-0.2, -0.15) is 0 Å². The molecule has 2 aromatic rings. The van der Waals surface area contributed by atoms with E-state index >= 15 is 0 Å². The molecule has 0 bridgehead atoms. The molecule has 1 unspecified atom stereocenters. The van der Waals surface area contributed by atoms with E-state index in [1.807, 2.05) is 23.1 Å². The summed E-state index contributed by atoms with van der Waals surface area (Å²) in [6.45, 7) is 1.22. The predicted octanol–water partition coefficient (Wildman–Crippen LogP) is 2.06. The Bertz CT molecular complexity index is 767. The Morgan fingerprint density at radius 2 is 1.43 bits per heavy atom. The first kappa shape index (κ1) is 14.0. The second kappa shape index (κ2) is 5.21. The number of rotatable bonds is 2. The summed E-state index contributed by atoms with van der Waals surface area (Å²) < 4.78 is 0. The van der Waals surface area contributed by atoms with Gasteiger partial charge in [0.05, 0.1) is 28.6 Å². The third-order valence-electron chi connectivity index (χ3n) is 4.42. The van der Waals surface area contributed by atoms with Gasteiger partial charge in [-0.3, -0.25) is 9.59 Å². The van der Waals surface area contributed by atoms with E-state index in [0.717, 1.165) is 5.69 Å². The first-order valence-corrected chi connectivity index (χ1v) is 7.66. The Labute approximate surface area is 133 Å². The van der Waals surface area contributed by atoms with E-state index in [1.165, 1.54) is 4.90 Å². The molecule has 1 atom stereocenters. The second-order valence-electron chi connectivity index (χ2n) is 5.87. The van der Waals surface area contributed by atoms with Crippen molar-refractivity contribution in [2.45, 2.75) is 12.5 Å². The van der Waals surface area contributed by atoms with Crippen LogP contribution in [0.4, 0.5) is 11.4 Å². The highest BCUT2D eigenvalue weighted by molar-refractivity contribution is 6.35. The van der Waals surface area contributed by atoms with Crippen LogP contribution in [0.1, 0.15) is 27.1 Å². The van der Waals surface area contributed by atoms with Crippen molar-refractivity contribution < 1.29 is 14.7 Å². The average molecular weight is 308 g/mol. The largest absolute Gasteiger partial charge is 0.391 e. The molecule has 4 rings (SSSR count). The summed E-state index contributed by atoms with van der Waals surface area (Å²) in [5.41, 5.74) is 2.26. The van der Waals surface area contributed by atoms with Crippen LogP contribution in [0.5, 0.6) is 0 Å². The molecule has 0 aromatic heterocycles. The van der Waals surface area contributed by atoms with Crippen LogP contribution in [0.3, 0.4) is 0 Å². The lowest BCUT2D eigenvalue weighted by atomic mass is 10.1. The highest BCUT2D eigenvalue weighted by Gasteiger charge is 2.38. The number of nitrogens with zero attached hydrogens (tertiary/aromatic N) is 2. The van der Waals surface area contributed by atoms with Crippen molar-refractivity contribution in [1.82, 2.24) is 0 Å². The van der Waals surface area contributed by atoms with Gasteiger partial charge in [0.2, 0.25) is 0 Å². The SMILES string of the molecule is O=C1c2ccccc2C(=O)N1c1ccccc1N1CCC(O)C1. The molecule has 1 N–H and O–H groups in total. The number of para-hydroxylation sites is 2. The lowest BCUT2D eigenvalue weighted by Crippen LogP contribution is -2.32. The maximum Gasteiger partial charge on any atom is 0.266 e. The molecule has 116 valence electrons. The molecule has 2 aromatic carbocycles. The van der Waals surface area contributed by atoms with Crippen molar-refractivity contribution in [2.24, 2.45) is 0 Å². The molecule has 1 fully saturated rings. The first-order valence-electron chi connectivity index (χ1n) is 7.66. The molecular formula is C18H16N2O3.